The Morgan fingerprint density at radius 1 is 1.33 bits per heavy atom. The van der Waals surface area contributed by atoms with E-state index in [4.69, 9.17) is 14.2 Å². The molecule has 0 saturated heterocycles. The maximum Gasteiger partial charge on any atom is 0.408 e. The molecule has 0 unspecified atom stereocenters. The lowest BCUT2D eigenvalue weighted by molar-refractivity contribution is -0.151. The second-order valence-corrected chi connectivity index (χ2v) is 6.21. The Kier molecular flexibility index (Phi) is 5.78. The molecule has 0 aromatic heterocycles. The second kappa shape index (κ2) is 6.93. The van der Waals surface area contributed by atoms with Crippen molar-refractivity contribution in [2.24, 2.45) is 5.41 Å². The zero-order valence-corrected chi connectivity index (χ0v) is 13.4. The van der Waals surface area contributed by atoms with Crippen molar-refractivity contribution in [3.63, 3.8) is 0 Å². The van der Waals surface area contributed by atoms with Crippen molar-refractivity contribution in [3.05, 3.63) is 12.2 Å². The van der Waals surface area contributed by atoms with Gasteiger partial charge in [-0.3, -0.25) is 4.79 Å². The van der Waals surface area contributed by atoms with E-state index < -0.39 is 17.1 Å². The standard InChI is InChI=1S/C15H25NO5/c1-14(2,3)21-13(18)16-11-6-7-15(10-11,8-9-19-4)12(17)20-5/h6-7,11H,8-10H2,1-5H3,(H,16,18)/t11-,15-/m1/s1. The summed E-state index contributed by atoms with van der Waals surface area (Å²) in [6.45, 7) is 5.84. The largest absolute Gasteiger partial charge is 0.468 e. The van der Waals surface area contributed by atoms with Crippen LogP contribution in [0.25, 0.3) is 0 Å². The van der Waals surface area contributed by atoms with E-state index >= 15 is 0 Å². The van der Waals surface area contributed by atoms with Crippen molar-refractivity contribution < 1.29 is 23.8 Å². The lowest BCUT2D eigenvalue weighted by atomic mass is 9.83. The van der Waals surface area contributed by atoms with Crippen LogP contribution in [0, 0.1) is 5.41 Å². The van der Waals surface area contributed by atoms with Gasteiger partial charge in [0.15, 0.2) is 0 Å². The normalized spacial score (nSPS) is 24.7. The number of amides is 1. The predicted molar refractivity (Wildman–Crippen MR) is 77.9 cm³/mol. The van der Waals surface area contributed by atoms with Crippen LogP contribution in [0.4, 0.5) is 4.79 Å². The van der Waals surface area contributed by atoms with Crippen LogP contribution >= 0.6 is 0 Å². The third kappa shape index (κ3) is 5.04. The van der Waals surface area contributed by atoms with E-state index in [0.717, 1.165) is 0 Å². The number of carbonyl (C=O) groups excluding carboxylic acids is 2. The van der Waals surface area contributed by atoms with E-state index in [9.17, 15) is 9.59 Å². The van der Waals surface area contributed by atoms with Crippen LogP contribution in [0.3, 0.4) is 0 Å². The molecule has 2 atom stereocenters. The van der Waals surface area contributed by atoms with E-state index in [2.05, 4.69) is 5.32 Å². The topological polar surface area (TPSA) is 73.9 Å². The summed E-state index contributed by atoms with van der Waals surface area (Å²) >= 11 is 0. The quantitative estimate of drug-likeness (QED) is 0.621. The Morgan fingerprint density at radius 3 is 2.52 bits per heavy atom. The number of nitrogens with one attached hydrogen (secondary N) is 1. The number of hydrogen-bond acceptors (Lipinski definition) is 5. The first-order chi connectivity index (χ1) is 9.72. The lowest BCUT2D eigenvalue weighted by Gasteiger charge is -2.26. The zero-order valence-electron chi connectivity index (χ0n) is 13.4. The molecule has 1 N–H and O–H groups in total. The van der Waals surface area contributed by atoms with Gasteiger partial charge in [-0.25, -0.2) is 4.79 Å². The molecule has 0 bridgehead atoms. The molecule has 0 aromatic carbocycles. The zero-order chi connectivity index (χ0) is 16.1. The SMILES string of the molecule is COCC[C@]1(C(=O)OC)C=C[C@@H](NC(=O)OC(C)(C)C)C1. The molecular formula is C15H25NO5. The summed E-state index contributed by atoms with van der Waals surface area (Å²) in [4.78, 5) is 23.8. The van der Waals surface area contributed by atoms with Gasteiger partial charge in [0.2, 0.25) is 0 Å². The summed E-state index contributed by atoms with van der Waals surface area (Å²) < 4.78 is 15.1. The fourth-order valence-corrected chi connectivity index (χ4v) is 2.31. The van der Waals surface area contributed by atoms with Gasteiger partial charge in [-0.2, -0.15) is 0 Å². The van der Waals surface area contributed by atoms with Gasteiger partial charge in [0.05, 0.1) is 18.6 Å². The van der Waals surface area contributed by atoms with Gasteiger partial charge in [0.25, 0.3) is 0 Å². The third-order valence-electron chi connectivity index (χ3n) is 3.28. The van der Waals surface area contributed by atoms with Gasteiger partial charge in [-0.05, 0) is 33.6 Å². The second-order valence-electron chi connectivity index (χ2n) is 6.21. The van der Waals surface area contributed by atoms with Crippen LogP contribution in [0.2, 0.25) is 0 Å². The molecule has 1 amide bonds. The monoisotopic (exact) mass is 299 g/mol. The molecule has 1 aliphatic carbocycles. The Bertz CT molecular complexity index is 413. The molecule has 21 heavy (non-hydrogen) atoms. The molecule has 1 rings (SSSR count). The number of ether oxygens (including phenoxy) is 3. The van der Waals surface area contributed by atoms with E-state index in [-0.39, 0.29) is 12.0 Å². The summed E-state index contributed by atoms with van der Waals surface area (Å²) in [5.74, 6) is -0.315. The van der Waals surface area contributed by atoms with E-state index in [1.165, 1.54) is 7.11 Å². The first-order valence-electron chi connectivity index (χ1n) is 6.99. The van der Waals surface area contributed by atoms with Crippen LogP contribution in [0.5, 0.6) is 0 Å². The minimum absolute atomic E-state index is 0.254. The van der Waals surface area contributed by atoms with Crippen LogP contribution in [0.1, 0.15) is 33.6 Å². The summed E-state index contributed by atoms with van der Waals surface area (Å²) in [5.41, 5.74) is -1.30. The number of alkyl carbamates (subject to hydrolysis) is 1. The fourth-order valence-electron chi connectivity index (χ4n) is 2.31. The highest BCUT2D eigenvalue weighted by Gasteiger charge is 2.42. The molecule has 120 valence electrons. The van der Waals surface area contributed by atoms with Gasteiger partial charge >= 0.3 is 12.1 Å². The Balaban J connectivity index is 2.65. The van der Waals surface area contributed by atoms with Crippen molar-refractivity contribution >= 4 is 12.1 Å². The van der Waals surface area contributed by atoms with Crippen LogP contribution in [-0.4, -0.2) is 44.5 Å². The molecule has 0 aromatic rings. The third-order valence-corrected chi connectivity index (χ3v) is 3.28. The van der Waals surface area contributed by atoms with Gasteiger partial charge < -0.3 is 19.5 Å². The van der Waals surface area contributed by atoms with Crippen molar-refractivity contribution in [2.75, 3.05) is 20.8 Å². The molecule has 0 saturated carbocycles. The molecule has 0 heterocycles. The van der Waals surface area contributed by atoms with Crippen molar-refractivity contribution in [1.29, 1.82) is 0 Å². The molecule has 0 aliphatic heterocycles. The smallest absolute Gasteiger partial charge is 0.408 e. The van der Waals surface area contributed by atoms with Crippen LogP contribution in [-0.2, 0) is 19.0 Å². The van der Waals surface area contributed by atoms with Crippen molar-refractivity contribution in [3.8, 4) is 0 Å². The molecule has 6 nitrogen and oxygen atoms in total. The molecule has 0 spiro atoms. The number of methoxy groups -OCH3 is 2. The highest BCUT2D eigenvalue weighted by Crippen LogP contribution is 2.37. The van der Waals surface area contributed by atoms with Gasteiger partial charge in [0, 0.05) is 13.7 Å². The maximum absolute atomic E-state index is 12.0. The molecule has 6 heteroatoms. The van der Waals surface area contributed by atoms with Gasteiger partial charge in [0.1, 0.15) is 5.60 Å². The highest BCUT2D eigenvalue weighted by atomic mass is 16.6. The predicted octanol–water partition coefficient (Wildman–Crippen LogP) is 2.04. The number of esters is 1. The summed E-state index contributed by atoms with van der Waals surface area (Å²) in [7, 11) is 2.94. The Labute approximate surface area is 125 Å². The Hall–Kier alpha value is -1.56. The first kappa shape index (κ1) is 17.5. The van der Waals surface area contributed by atoms with Crippen LogP contribution in [0.15, 0.2) is 12.2 Å². The Morgan fingerprint density at radius 2 is 2.00 bits per heavy atom. The van der Waals surface area contributed by atoms with E-state index in [1.807, 2.05) is 0 Å². The fraction of sp³-hybridized carbons (Fsp3) is 0.733. The van der Waals surface area contributed by atoms with Crippen molar-refractivity contribution in [2.45, 2.75) is 45.3 Å². The maximum atomic E-state index is 12.0. The summed E-state index contributed by atoms with van der Waals surface area (Å²) in [6.07, 6.45) is 4.06. The molecule has 1 aliphatic rings. The first-order valence-corrected chi connectivity index (χ1v) is 6.99. The number of carbonyl (C=O) groups is 2. The lowest BCUT2D eigenvalue weighted by Crippen LogP contribution is -2.40. The summed E-state index contributed by atoms with van der Waals surface area (Å²) in [6, 6.07) is -0.254. The highest BCUT2D eigenvalue weighted by molar-refractivity contribution is 5.80. The van der Waals surface area contributed by atoms with Gasteiger partial charge in [-0.15, -0.1) is 0 Å². The van der Waals surface area contributed by atoms with E-state index in [0.29, 0.717) is 19.4 Å². The minimum Gasteiger partial charge on any atom is -0.468 e. The number of hydrogen-bond donors (Lipinski definition) is 1. The molecule has 0 fully saturated rings. The van der Waals surface area contributed by atoms with Gasteiger partial charge in [-0.1, -0.05) is 12.2 Å². The number of rotatable bonds is 5. The average molecular weight is 299 g/mol. The van der Waals surface area contributed by atoms with Crippen LogP contribution < -0.4 is 5.32 Å². The molecular weight excluding hydrogens is 274 g/mol. The molecule has 0 radical (unpaired) electrons. The minimum atomic E-state index is -0.746. The van der Waals surface area contributed by atoms with E-state index in [1.54, 1.807) is 40.0 Å². The van der Waals surface area contributed by atoms with Crippen molar-refractivity contribution in [1.82, 2.24) is 5.32 Å². The summed E-state index contributed by atoms with van der Waals surface area (Å²) in [5, 5.41) is 2.75. The average Bonchev–Trinajstić information content (AvgIpc) is 2.77.